The van der Waals surface area contributed by atoms with Crippen LogP contribution in [0.2, 0.25) is 0 Å². The van der Waals surface area contributed by atoms with Crippen molar-refractivity contribution in [1.29, 1.82) is 0 Å². The minimum Gasteiger partial charge on any atom is -0.312 e. The van der Waals surface area contributed by atoms with E-state index in [1.54, 1.807) is 0 Å². The summed E-state index contributed by atoms with van der Waals surface area (Å²) in [5.41, 5.74) is 0.975. The summed E-state index contributed by atoms with van der Waals surface area (Å²) in [6, 6.07) is 2.44. The van der Waals surface area contributed by atoms with Gasteiger partial charge in [-0.3, -0.25) is 0 Å². The minimum absolute atomic E-state index is 0.308. The molecule has 0 amide bonds. The zero-order valence-corrected chi connectivity index (χ0v) is 12.2. The SMILES string of the molecule is CCCNCc1sc2c(F)ccc(F)c2c1CCC. The summed E-state index contributed by atoms with van der Waals surface area (Å²) in [6.45, 7) is 5.78. The Kier molecular flexibility index (Phi) is 4.88. The number of hydrogen-bond acceptors (Lipinski definition) is 2. The van der Waals surface area contributed by atoms with Gasteiger partial charge in [-0.2, -0.15) is 0 Å². The molecule has 0 spiro atoms. The zero-order valence-electron chi connectivity index (χ0n) is 11.4. The summed E-state index contributed by atoms with van der Waals surface area (Å²) in [4.78, 5) is 1.06. The van der Waals surface area contributed by atoms with Crippen LogP contribution in [0.3, 0.4) is 0 Å². The van der Waals surface area contributed by atoms with Crippen LogP contribution in [-0.2, 0) is 13.0 Å². The molecule has 0 fully saturated rings. The molecule has 0 saturated carbocycles. The second-order valence-electron chi connectivity index (χ2n) is 4.66. The summed E-state index contributed by atoms with van der Waals surface area (Å²) in [6.07, 6.45) is 2.78. The summed E-state index contributed by atoms with van der Waals surface area (Å²) in [5.74, 6) is -0.627. The van der Waals surface area contributed by atoms with Crippen LogP contribution in [-0.4, -0.2) is 6.54 Å². The van der Waals surface area contributed by atoms with Gasteiger partial charge in [0.1, 0.15) is 11.6 Å². The highest BCUT2D eigenvalue weighted by Crippen LogP contribution is 2.35. The number of thiophene rings is 1. The molecule has 0 aliphatic heterocycles. The molecule has 1 N–H and O–H groups in total. The Morgan fingerprint density at radius 1 is 1.11 bits per heavy atom. The van der Waals surface area contributed by atoms with Crippen LogP contribution in [0.15, 0.2) is 12.1 Å². The lowest BCUT2D eigenvalue weighted by atomic mass is 10.1. The van der Waals surface area contributed by atoms with Crippen LogP contribution in [0.5, 0.6) is 0 Å². The number of benzene rings is 1. The molecule has 4 heteroatoms. The molecule has 2 aromatic rings. The maximum atomic E-state index is 14.0. The zero-order chi connectivity index (χ0) is 13.8. The van der Waals surface area contributed by atoms with E-state index in [0.29, 0.717) is 16.6 Å². The van der Waals surface area contributed by atoms with E-state index >= 15 is 0 Å². The van der Waals surface area contributed by atoms with Crippen molar-refractivity contribution in [2.24, 2.45) is 0 Å². The Hall–Kier alpha value is -1.00. The van der Waals surface area contributed by atoms with Crippen molar-refractivity contribution < 1.29 is 8.78 Å². The lowest BCUT2D eigenvalue weighted by Gasteiger charge is -2.05. The highest BCUT2D eigenvalue weighted by molar-refractivity contribution is 7.19. The molecular weight excluding hydrogens is 264 g/mol. The first-order valence-electron chi connectivity index (χ1n) is 6.78. The first kappa shape index (κ1) is 14.4. The van der Waals surface area contributed by atoms with E-state index in [1.165, 1.54) is 23.5 Å². The molecule has 0 aliphatic rings. The molecule has 1 nitrogen and oxygen atoms in total. The Morgan fingerprint density at radius 3 is 2.53 bits per heavy atom. The van der Waals surface area contributed by atoms with Crippen LogP contribution in [0.25, 0.3) is 10.1 Å². The van der Waals surface area contributed by atoms with E-state index in [-0.39, 0.29) is 11.6 Å². The highest BCUT2D eigenvalue weighted by Gasteiger charge is 2.17. The Labute approximate surface area is 116 Å². The summed E-state index contributed by atoms with van der Waals surface area (Å²) < 4.78 is 28.2. The molecule has 2 rings (SSSR count). The lowest BCUT2D eigenvalue weighted by molar-refractivity contribution is 0.618. The second-order valence-corrected chi connectivity index (χ2v) is 5.77. The van der Waals surface area contributed by atoms with Crippen molar-refractivity contribution in [1.82, 2.24) is 5.32 Å². The third kappa shape index (κ3) is 2.95. The molecule has 1 heterocycles. The van der Waals surface area contributed by atoms with Gasteiger partial charge >= 0.3 is 0 Å². The molecule has 1 aromatic heterocycles. The molecule has 0 aliphatic carbocycles. The van der Waals surface area contributed by atoms with Crippen LogP contribution in [0, 0.1) is 11.6 Å². The van der Waals surface area contributed by atoms with Gasteiger partial charge in [-0.25, -0.2) is 8.78 Å². The molecule has 0 atom stereocenters. The van der Waals surface area contributed by atoms with Gasteiger partial charge in [0.05, 0.1) is 4.70 Å². The number of rotatable bonds is 6. The Morgan fingerprint density at radius 2 is 1.84 bits per heavy atom. The van der Waals surface area contributed by atoms with Crippen molar-refractivity contribution in [2.75, 3.05) is 6.54 Å². The van der Waals surface area contributed by atoms with E-state index in [2.05, 4.69) is 19.2 Å². The molecule has 0 bridgehead atoms. The van der Waals surface area contributed by atoms with Crippen LogP contribution in [0.4, 0.5) is 8.78 Å². The van der Waals surface area contributed by atoms with Gasteiger partial charge in [0, 0.05) is 16.8 Å². The smallest absolute Gasteiger partial charge is 0.141 e. The van der Waals surface area contributed by atoms with Gasteiger partial charge in [-0.1, -0.05) is 20.3 Å². The van der Waals surface area contributed by atoms with E-state index in [4.69, 9.17) is 0 Å². The summed E-state index contributed by atoms with van der Waals surface area (Å²) >= 11 is 1.38. The number of fused-ring (bicyclic) bond motifs is 1. The van der Waals surface area contributed by atoms with Crippen LogP contribution < -0.4 is 5.32 Å². The first-order valence-corrected chi connectivity index (χ1v) is 7.59. The van der Waals surface area contributed by atoms with Crippen molar-refractivity contribution in [3.8, 4) is 0 Å². The van der Waals surface area contributed by atoms with Gasteiger partial charge in [-0.05, 0) is 37.1 Å². The van der Waals surface area contributed by atoms with Crippen LogP contribution >= 0.6 is 11.3 Å². The molecule has 19 heavy (non-hydrogen) atoms. The summed E-state index contributed by atoms with van der Waals surface area (Å²) in [5, 5.41) is 3.80. The lowest BCUT2D eigenvalue weighted by Crippen LogP contribution is -2.13. The quantitative estimate of drug-likeness (QED) is 0.762. The monoisotopic (exact) mass is 283 g/mol. The van der Waals surface area contributed by atoms with Crippen molar-refractivity contribution in [2.45, 2.75) is 39.7 Å². The molecule has 0 radical (unpaired) electrons. The first-order chi connectivity index (χ1) is 9.19. The van der Waals surface area contributed by atoms with Crippen molar-refractivity contribution in [3.63, 3.8) is 0 Å². The fourth-order valence-electron chi connectivity index (χ4n) is 2.27. The van der Waals surface area contributed by atoms with E-state index < -0.39 is 0 Å². The van der Waals surface area contributed by atoms with E-state index in [0.717, 1.165) is 36.2 Å². The van der Waals surface area contributed by atoms with Gasteiger partial charge in [0.25, 0.3) is 0 Å². The third-order valence-corrected chi connectivity index (χ3v) is 4.38. The summed E-state index contributed by atoms with van der Waals surface area (Å²) in [7, 11) is 0. The van der Waals surface area contributed by atoms with Crippen molar-refractivity contribution >= 4 is 21.4 Å². The average Bonchev–Trinajstić information content (AvgIpc) is 2.75. The number of nitrogens with one attached hydrogen (secondary N) is 1. The molecule has 0 saturated heterocycles. The standard InChI is InChI=1S/C15H19F2NS/c1-3-5-10-13(9-18-8-4-2)19-15-12(17)7-6-11(16)14(10)15/h6-7,18H,3-5,8-9H2,1-2H3. The van der Waals surface area contributed by atoms with Gasteiger partial charge in [0.2, 0.25) is 0 Å². The maximum absolute atomic E-state index is 14.0. The molecular formula is C15H19F2NS. The maximum Gasteiger partial charge on any atom is 0.141 e. The van der Waals surface area contributed by atoms with E-state index in [1.807, 2.05) is 0 Å². The predicted octanol–water partition coefficient (Wildman–Crippen LogP) is 4.63. The van der Waals surface area contributed by atoms with Gasteiger partial charge in [-0.15, -0.1) is 11.3 Å². The van der Waals surface area contributed by atoms with Gasteiger partial charge < -0.3 is 5.32 Å². The second kappa shape index (κ2) is 6.44. The Bertz CT molecular complexity index is 563. The fourth-order valence-corrected chi connectivity index (χ4v) is 3.51. The third-order valence-electron chi connectivity index (χ3n) is 3.13. The highest BCUT2D eigenvalue weighted by atomic mass is 32.1. The number of hydrogen-bond donors (Lipinski definition) is 1. The predicted molar refractivity (Wildman–Crippen MR) is 77.7 cm³/mol. The average molecular weight is 283 g/mol. The fraction of sp³-hybridized carbons (Fsp3) is 0.467. The topological polar surface area (TPSA) is 12.0 Å². The Balaban J connectivity index is 2.47. The number of halogens is 2. The molecule has 1 aromatic carbocycles. The number of aryl methyl sites for hydroxylation is 1. The molecule has 0 unspecified atom stereocenters. The van der Waals surface area contributed by atoms with Crippen LogP contribution in [0.1, 0.15) is 37.1 Å². The van der Waals surface area contributed by atoms with Gasteiger partial charge in [0.15, 0.2) is 0 Å². The van der Waals surface area contributed by atoms with Crippen molar-refractivity contribution in [3.05, 3.63) is 34.2 Å². The normalized spacial score (nSPS) is 11.4. The largest absolute Gasteiger partial charge is 0.312 e. The minimum atomic E-state index is -0.319. The molecule has 104 valence electrons. The van der Waals surface area contributed by atoms with E-state index in [9.17, 15) is 8.78 Å².